The van der Waals surface area contributed by atoms with Crippen molar-refractivity contribution in [3.8, 4) is 11.8 Å². The molecule has 0 bridgehead atoms. The number of nitrogens with one attached hydrogen (secondary N) is 1. The summed E-state index contributed by atoms with van der Waals surface area (Å²) in [6, 6.07) is 6.56. The number of carbonyl (C=O) groups excluding carboxylic acids is 1. The second-order valence-electron chi connectivity index (χ2n) is 3.58. The van der Waals surface area contributed by atoms with E-state index in [1.807, 2.05) is 0 Å². The van der Waals surface area contributed by atoms with Crippen molar-refractivity contribution in [3.63, 3.8) is 0 Å². The van der Waals surface area contributed by atoms with Crippen LogP contribution >= 0.6 is 11.6 Å². The van der Waals surface area contributed by atoms with Gasteiger partial charge in [-0.2, -0.15) is 5.26 Å². The Balaban J connectivity index is 2.67. The normalized spacial score (nSPS) is 11.4. The largest absolute Gasteiger partial charge is 0.483 e. The van der Waals surface area contributed by atoms with Crippen molar-refractivity contribution in [2.75, 3.05) is 13.2 Å². The van der Waals surface area contributed by atoms with Gasteiger partial charge in [0.1, 0.15) is 12.3 Å². The van der Waals surface area contributed by atoms with Gasteiger partial charge in [-0.3, -0.25) is 4.79 Å². The molecule has 0 aliphatic rings. The summed E-state index contributed by atoms with van der Waals surface area (Å²) in [5, 5.41) is 20.7. The average Bonchev–Trinajstić information content (AvgIpc) is 2.34. The van der Waals surface area contributed by atoms with Crippen LogP contribution in [-0.2, 0) is 4.79 Å². The first-order valence-corrected chi connectivity index (χ1v) is 5.66. The quantitative estimate of drug-likeness (QED) is 0.791. The summed E-state index contributed by atoms with van der Waals surface area (Å²) in [4.78, 5) is 11.2. The number of hydrogen-bond donors (Lipinski definition) is 2. The van der Waals surface area contributed by atoms with E-state index in [1.165, 1.54) is 0 Å². The molecule has 1 aromatic rings. The zero-order chi connectivity index (χ0) is 13.5. The lowest BCUT2D eigenvalue weighted by molar-refractivity contribution is -0.122. The average molecular weight is 269 g/mol. The van der Waals surface area contributed by atoms with Crippen LogP contribution in [-0.4, -0.2) is 24.2 Å². The molecule has 5 nitrogen and oxygen atoms in total. The van der Waals surface area contributed by atoms with E-state index < -0.39 is 12.0 Å². The monoisotopic (exact) mass is 268 g/mol. The fraction of sp³-hybridized carbons (Fsp3) is 0.333. The van der Waals surface area contributed by atoms with E-state index in [9.17, 15) is 9.90 Å². The van der Waals surface area contributed by atoms with E-state index in [1.54, 1.807) is 31.2 Å². The third-order valence-corrected chi connectivity index (χ3v) is 2.38. The minimum Gasteiger partial charge on any atom is -0.483 e. The molecule has 1 rings (SSSR count). The maximum Gasteiger partial charge on any atom is 0.258 e. The highest BCUT2D eigenvalue weighted by atomic mass is 35.5. The Labute approximate surface area is 110 Å². The van der Waals surface area contributed by atoms with Gasteiger partial charge in [-0.1, -0.05) is 11.6 Å². The number of benzene rings is 1. The first-order valence-electron chi connectivity index (χ1n) is 5.28. The lowest BCUT2D eigenvalue weighted by Crippen LogP contribution is -2.29. The summed E-state index contributed by atoms with van der Waals surface area (Å²) in [6.07, 6.45) is -0.749. The number of amides is 1. The second kappa shape index (κ2) is 6.84. The van der Waals surface area contributed by atoms with E-state index in [0.717, 1.165) is 0 Å². The van der Waals surface area contributed by atoms with Crippen molar-refractivity contribution in [2.45, 2.75) is 13.0 Å². The molecule has 0 radical (unpaired) electrons. The first kappa shape index (κ1) is 14.3. The van der Waals surface area contributed by atoms with Gasteiger partial charge in [-0.15, -0.1) is 0 Å². The molecule has 0 fully saturated rings. The number of aliphatic hydroxyl groups excluding tert-OH is 1. The van der Waals surface area contributed by atoms with Crippen LogP contribution in [0.15, 0.2) is 18.2 Å². The van der Waals surface area contributed by atoms with Gasteiger partial charge in [-0.05, 0) is 25.1 Å². The Morgan fingerprint density at radius 1 is 1.67 bits per heavy atom. The number of nitrogens with zero attached hydrogens (tertiary/aromatic N) is 1. The van der Waals surface area contributed by atoms with Crippen LogP contribution in [0, 0.1) is 11.3 Å². The standard InChI is InChI=1S/C12H13ClN2O3/c1-8(16)10-6-9(13)2-3-11(10)18-7-12(17)15-5-4-14/h2-3,6,8,16H,5,7H2,1H3,(H,15,17)/t8-/m1/s1. The Kier molecular flexibility index (Phi) is 5.43. The number of halogens is 1. The van der Waals surface area contributed by atoms with Crippen LogP contribution < -0.4 is 10.1 Å². The highest BCUT2D eigenvalue weighted by molar-refractivity contribution is 6.30. The van der Waals surface area contributed by atoms with Crippen molar-refractivity contribution >= 4 is 17.5 Å². The highest BCUT2D eigenvalue weighted by Crippen LogP contribution is 2.28. The minimum absolute atomic E-state index is 0.0634. The molecular formula is C12H13ClN2O3. The Morgan fingerprint density at radius 2 is 2.39 bits per heavy atom. The second-order valence-corrected chi connectivity index (χ2v) is 4.02. The molecule has 0 spiro atoms. The van der Waals surface area contributed by atoms with Crippen molar-refractivity contribution in [1.29, 1.82) is 5.26 Å². The molecule has 0 unspecified atom stereocenters. The van der Waals surface area contributed by atoms with Gasteiger partial charge in [0.25, 0.3) is 5.91 Å². The number of carbonyl (C=O) groups is 1. The summed E-state index contributed by atoms with van der Waals surface area (Å²) >= 11 is 5.81. The molecular weight excluding hydrogens is 256 g/mol. The molecule has 1 amide bonds. The van der Waals surface area contributed by atoms with Gasteiger partial charge in [0.05, 0.1) is 12.2 Å². The molecule has 0 aliphatic carbocycles. The van der Waals surface area contributed by atoms with E-state index >= 15 is 0 Å². The van der Waals surface area contributed by atoms with Crippen molar-refractivity contribution in [2.24, 2.45) is 0 Å². The number of nitriles is 1. The predicted octanol–water partition coefficient (Wildman–Crippen LogP) is 1.41. The van der Waals surface area contributed by atoms with Gasteiger partial charge in [-0.25, -0.2) is 0 Å². The molecule has 96 valence electrons. The Bertz CT molecular complexity index is 469. The molecule has 0 aromatic heterocycles. The van der Waals surface area contributed by atoms with Gasteiger partial charge in [0.2, 0.25) is 0 Å². The minimum atomic E-state index is -0.749. The third kappa shape index (κ3) is 4.24. The van der Waals surface area contributed by atoms with Gasteiger partial charge in [0, 0.05) is 10.6 Å². The van der Waals surface area contributed by atoms with E-state index in [-0.39, 0.29) is 13.2 Å². The molecule has 2 N–H and O–H groups in total. The van der Waals surface area contributed by atoms with E-state index in [4.69, 9.17) is 21.6 Å². The first-order chi connectivity index (χ1) is 8.54. The molecule has 1 atom stereocenters. The van der Waals surface area contributed by atoms with Crippen molar-refractivity contribution < 1.29 is 14.6 Å². The molecule has 0 aliphatic heterocycles. The Hall–Kier alpha value is -1.77. The fourth-order valence-electron chi connectivity index (χ4n) is 1.31. The molecule has 18 heavy (non-hydrogen) atoms. The van der Waals surface area contributed by atoms with Gasteiger partial charge < -0.3 is 15.2 Å². The fourth-order valence-corrected chi connectivity index (χ4v) is 1.49. The molecule has 0 heterocycles. The third-order valence-electron chi connectivity index (χ3n) is 2.15. The van der Waals surface area contributed by atoms with E-state index in [2.05, 4.69) is 5.32 Å². The van der Waals surface area contributed by atoms with Crippen LogP contribution in [0.2, 0.25) is 5.02 Å². The zero-order valence-corrected chi connectivity index (χ0v) is 10.6. The smallest absolute Gasteiger partial charge is 0.258 e. The summed E-state index contributed by atoms with van der Waals surface area (Å²) in [5.41, 5.74) is 0.510. The number of hydrogen-bond acceptors (Lipinski definition) is 4. The summed E-state index contributed by atoms with van der Waals surface area (Å²) in [5.74, 6) is -0.00968. The van der Waals surface area contributed by atoms with Crippen LogP contribution in [0.1, 0.15) is 18.6 Å². The van der Waals surface area contributed by atoms with Crippen LogP contribution in [0.3, 0.4) is 0 Å². The van der Waals surface area contributed by atoms with Crippen molar-refractivity contribution in [1.82, 2.24) is 5.32 Å². The van der Waals surface area contributed by atoms with Crippen LogP contribution in [0.25, 0.3) is 0 Å². The Morgan fingerprint density at radius 3 is 3.00 bits per heavy atom. The van der Waals surface area contributed by atoms with E-state index in [0.29, 0.717) is 16.3 Å². The highest BCUT2D eigenvalue weighted by Gasteiger charge is 2.11. The topological polar surface area (TPSA) is 82.3 Å². The lowest BCUT2D eigenvalue weighted by atomic mass is 10.1. The lowest BCUT2D eigenvalue weighted by Gasteiger charge is -2.13. The maximum atomic E-state index is 11.2. The maximum absolute atomic E-state index is 11.2. The number of rotatable bonds is 5. The van der Waals surface area contributed by atoms with Crippen molar-refractivity contribution in [3.05, 3.63) is 28.8 Å². The molecule has 0 saturated heterocycles. The number of ether oxygens (including phenoxy) is 1. The van der Waals surface area contributed by atoms with Gasteiger partial charge >= 0.3 is 0 Å². The van der Waals surface area contributed by atoms with Crippen LogP contribution in [0.4, 0.5) is 0 Å². The summed E-state index contributed by atoms with van der Waals surface area (Å²) in [7, 11) is 0. The molecule has 1 aromatic carbocycles. The summed E-state index contributed by atoms with van der Waals surface area (Å²) in [6.45, 7) is 1.30. The SMILES string of the molecule is C[C@@H](O)c1cc(Cl)ccc1OCC(=O)NCC#N. The summed E-state index contributed by atoms with van der Waals surface area (Å²) < 4.78 is 5.27. The number of aliphatic hydroxyl groups is 1. The zero-order valence-electron chi connectivity index (χ0n) is 9.81. The molecule has 6 heteroatoms. The predicted molar refractivity (Wildman–Crippen MR) is 66.2 cm³/mol. The van der Waals surface area contributed by atoms with Crippen LogP contribution in [0.5, 0.6) is 5.75 Å². The van der Waals surface area contributed by atoms with Gasteiger partial charge in [0.15, 0.2) is 6.61 Å². The molecule has 0 saturated carbocycles.